The number of carbonyl (C=O) groups is 1. The average molecular weight is 214 g/mol. The summed E-state index contributed by atoms with van der Waals surface area (Å²) in [5.41, 5.74) is 0.253. The van der Waals surface area contributed by atoms with Gasteiger partial charge in [0.05, 0.1) is 12.7 Å². The minimum atomic E-state index is -0.512. The summed E-state index contributed by atoms with van der Waals surface area (Å²) in [6.45, 7) is 1.97. The zero-order valence-corrected chi connectivity index (χ0v) is 8.86. The van der Waals surface area contributed by atoms with Crippen molar-refractivity contribution >= 4 is 17.7 Å². The Balaban J connectivity index is 3.00. The Hall–Kier alpha value is -1.03. The monoisotopic (exact) mass is 214 g/mol. The van der Waals surface area contributed by atoms with E-state index in [4.69, 9.17) is 0 Å². The predicted molar refractivity (Wildman–Crippen MR) is 54.1 cm³/mol. The van der Waals surface area contributed by atoms with Crippen molar-refractivity contribution < 1.29 is 13.9 Å². The molecular weight excluding hydrogens is 203 g/mol. The quantitative estimate of drug-likeness (QED) is 0.571. The van der Waals surface area contributed by atoms with Crippen LogP contribution in [0.5, 0.6) is 0 Å². The van der Waals surface area contributed by atoms with Gasteiger partial charge >= 0.3 is 5.97 Å². The highest BCUT2D eigenvalue weighted by Gasteiger charge is 2.08. The van der Waals surface area contributed by atoms with E-state index in [2.05, 4.69) is 4.74 Å². The lowest BCUT2D eigenvalue weighted by Gasteiger charge is -2.03. The van der Waals surface area contributed by atoms with Gasteiger partial charge in [0.2, 0.25) is 0 Å². The molecule has 0 aliphatic carbocycles. The Labute approximate surface area is 86.5 Å². The van der Waals surface area contributed by atoms with Crippen LogP contribution in [0.2, 0.25) is 0 Å². The number of rotatable bonds is 3. The molecular formula is C10H11FO2S. The van der Waals surface area contributed by atoms with E-state index < -0.39 is 11.8 Å². The normalized spacial score (nSPS) is 9.93. The molecule has 0 bridgehead atoms. The Kier molecular flexibility index (Phi) is 3.95. The summed E-state index contributed by atoms with van der Waals surface area (Å²) in [6, 6.07) is 4.20. The van der Waals surface area contributed by atoms with Gasteiger partial charge in [0.15, 0.2) is 0 Å². The second-order valence-corrected chi connectivity index (χ2v) is 3.94. The molecule has 0 radical (unpaired) electrons. The van der Waals surface area contributed by atoms with Crippen molar-refractivity contribution in [1.82, 2.24) is 0 Å². The van der Waals surface area contributed by atoms with Gasteiger partial charge in [0.25, 0.3) is 0 Å². The Morgan fingerprint density at radius 2 is 2.21 bits per heavy atom. The number of methoxy groups -OCH3 is 1. The van der Waals surface area contributed by atoms with E-state index in [9.17, 15) is 9.18 Å². The van der Waals surface area contributed by atoms with Crippen molar-refractivity contribution in [3.05, 3.63) is 29.6 Å². The van der Waals surface area contributed by atoms with E-state index in [1.165, 1.54) is 31.0 Å². The second-order valence-electron chi connectivity index (χ2n) is 2.60. The van der Waals surface area contributed by atoms with Gasteiger partial charge < -0.3 is 4.74 Å². The largest absolute Gasteiger partial charge is 0.465 e. The summed E-state index contributed by atoms with van der Waals surface area (Å²) in [7, 11) is 1.28. The molecule has 0 heterocycles. The number of hydrogen-bond donors (Lipinski definition) is 0. The highest BCUT2D eigenvalue weighted by Crippen LogP contribution is 2.20. The van der Waals surface area contributed by atoms with Crippen molar-refractivity contribution in [3.63, 3.8) is 0 Å². The Bertz CT molecular complexity index is 339. The third-order valence-corrected chi connectivity index (χ3v) is 2.46. The van der Waals surface area contributed by atoms with E-state index in [1.807, 2.05) is 6.92 Å². The SMILES string of the molecule is CCSc1cc(F)cc(C(=O)OC)c1. The molecule has 76 valence electrons. The van der Waals surface area contributed by atoms with Gasteiger partial charge in [-0.2, -0.15) is 0 Å². The summed E-state index contributed by atoms with van der Waals surface area (Å²) >= 11 is 1.48. The molecule has 0 aliphatic heterocycles. The van der Waals surface area contributed by atoms with E-state index in [0.717, 1.165) is 10.6 Å². The molecule has 1 aromatic carbocycles. The predicted octanol–water partition coefficient (Wildman–Crippen LogP) is 2.72. The minimum Gasteiger partial charge on any atom is -0.465 e. The van der Waals surface area contributed by atoms with Crippen LogP contribution >= 0.6 is 11.8 Å². The van der Waals surface area contributed by atoms with Crippen molar-refractivity contribution in [1.29, 1.82) is 0 Å². The van der Waals surface area contributed by atoms with Gasteiger partial charge in [-0.05, 0) is 24.0 Å². The summed E-state index contributed by atoms with van der Waals surface area (Å²) in [4.78, 5) is 11.9. The lowest BCUT2D eigenvalue weighted by atomic mass is 10.2. The van der Waals surface area contributed by atoms with E-state index in [1.54, 1.807) is 6.07 Å². The maximum absolute atomic E-state index is 13.0. The molecule has 4 heteroatoms. The van der Waals surface area contributed by atoms with Crippen LogP contribution in [0.3, 0.4) is 0 Å². The number of benzene rings is 1. The number of hydrogen-bond acceptors (Lipinski definition) is 3. The molecule has 14 heavy (non-hydrogen) atoms. The maximum atomic E-state index is 13.0. The van der Waals surface area contributed by atoms with Crippen LogP contribution < -0.4 is 0 Å². The molecule has 0 unspecified atom stereocenters. The molecule has 1 rings (SSSR count). The van der Waals surface area contributed by atoms with E-state index in [0.29, 0.717) is 0 Å². The number of thioether (sulfide) groups is 1. The number of carbonyl (C=O) groups excluding carboxylic acids is 1. The van der Waals surface area contributed by atoms with E-state index >= 15 is 0 Å². The first-order valence-corrected chi connectivity index (χ1v) is 5.17. The third kappa shape index (κ3) is 2.73. The second kappa shape index (κ2) is 5.00. The van der Waals surface area contributed by atoms with Crippen LogP contribution in [0.25, 0.3) is 0 Å². The van der Waals surface area contributed by atoms with Crippen molar-refractivity contribution in [2.45, 2.75) is 11.8 Å². The van der Waals surface area contributed by atoms with Crippen molar-refractivity contribution in [2.75, 3.05) is 12.9 Å². The summed E-state index contributed by atoms with van der Waals surface area (Å²) in [5.74, 6) is -0.0874. The van der Waals surface area contributed by atoms with Crippen LogP contribution in [-0.4, -0.2) is 18.8 Å². The lowest BCUT2D eigenvalue weighted by molar-refractivity contribution is 0.0600. The molecule has 0 fully saturated rings. The van der Waals surface area contributed by atoms with Gasteiger partial charge in [-0.25, -0.2) is 9.18 Å². The van der Waals surface area contributed by atoms with Crippen molar-refractivity contribution in [3.8, 4) is 0 Å². The zero-order chi connectivity index (χ0) is 10.6. The molecule has 0 aliphatic rings. The molecule has 0 amide bonds. The van der Waals surface area contributed by atoms with Gasteiger partial charge in [0.1, 0.15) is 5.82 Å². The average Bonchev–Trinajstić information content (AvgIpc) is 2.16. The third-order valence-electron chi connectivity index (χ3n) is 1.60. The Morgan fingerprint density at radius 3 is 2.79 bits per heavy atom. The highest BCUT2D eigenvalue weighted by molar-refractivity contribution is 7.99. The molecule has 1 aromatic rings. The van der Waals surface area contributed by atoms with E-state index in [-0.39, 0.29) is 5.56 Å². The molecule has 0 saturated carbocycles. The topological polar surface area (TPSA) is 26.3 Å². The van der Waals surface area contributed by atoms with Gasteiger partial charge in [-0.3, -0.25) is 0 Å². The molecule has 0 atom stereocenters. The summed E-state index contributed by atoms with van der Waals surface area (Å²) in [5, 5.41) is 0. The first kappa shape index (κ1) is 11.0. The summed E-state index contributed by atoms with van der Waals surface area (Å²) < 4.78 is 17.5. The highest BCUT2D eigenvalue weighted by atomic mass is 32.2. The number of halogens is 1. The fourth-order valence-electron chi connectivity index (χ4n) is 1.05. The lowest BCUT2D eigenvalue weighted by Crippen LogP contribution is -2.01. The summed E-state index contributed by atoms with van der Waals surface area (Å²) in [6.07, 6.45) is 0. The Morgan fingerprint density at radius 1 is 1.50 bits per heavy atom. The molecule has 0 N–H and O–H groups in total. The van der Waals surface area contributed by atoms with Crippen LogP contribution in [-0.2, 0) is 4.74 Å². The standard InChI is InChI=1S/C10H11FO2S/c1-3-14-9-5-7(10(12)13-2)4-8(11)6-9/h4-6H,3H2,1-2H3. The zero-order valence-electron chi connectivity index (χ0n) is 8.04. The van der Waals surface area contributed by atoms with Crippen LogP contribution in [0.1, 0.15) is 17.3 Å². The van der Waals surface area contributed by atoms with Crippen LogP contribution in [0.15, 0.2) is 23.1 Å². The van der Waals surface area contributed by atoms with Crippen molar-refractivity contribution in [2.24, 2.45) is 0 Å². The van der Waals surface area contributed by atoms with Crippen LogP contribution in [0, 0.1) is 5.82 Å². The first-order valence-electron chi connectivity index (χ1n) is 4.19. The maximum Gasteiger partial charge on any atom is 0.337 e. The number of esters is 1. The molecule has 0 saturated heterocycles. The van der Waals surface area contributed by atoms with Crippen LogP contribution in [0.4, 0.5) is 4.39 Å². The van der Waals surface area contributed by atoms with Gasteiger partial charge in [-0.1, -0.05) is 6.92 Å². The fraction of sp³-hybridized carbons (Fsp3) is 0.300. The first-order chi connectivity index (χ1) is 6.67. The molecule has 0 spiro atoms. The minimum absolute atomic E-state index is 0.253. The van der Waals surface area contributed by atoms with Gasteiger partial charge in [0, 0.05) is 4.90 Å². The van der Waals surface area contributed by atoms with Gasteiger partial charge in [-0.15, -0.1) is 11.8 Å². The molecule has 2 nitrogen and oxygen atoms in total. The molecule has 0 aromatic heterocycles. The fourth-order valence-corrected chi connectivity index (χ4v) is 1.79. The number of ether oxygens (including phenoxy) is 1. The smallest absolute Gasteiger partial charge is 0.337 e.